The summed E-state index contributed by atoms with van der Waals surface area (Å²) in [5, 5.41) is 22.2. The van der Waals surface area contributed by atoms with E-state index in [1.807, 2.05) is 0 Å². The number of aromatic nitrogens is 3. The Morgan fingerprint density at radius 1 is 1.71 bits per heavy atom. The van der Waals surface area contributed by atoms with E-state index in [1.165, 1.54) is 11.0 Å². The van der Waals surface area contributed by atoms with Gasteiger partial charge >= 0.3 is 0 Å². The van der Waals surface area contributed by atoms with E-state index >= 15 is 0 Å². The van der Waals surface area contributed by atoms with Gasteiger partial charge in [0.1, 0.15) is 12.4 Å². The van der Waals surface area contributed by atoms with Crippen LogP contribution in [-0.2, 0) is 4.74 Å². The van der Waals surface area contributed by atoms with E-state index in [1.54, 1.807) is 0 Å². The zero-order valence-electron chi connectivity index (χ0n) is 7.45. The Balaban J connectivity index is 2.08. The number of nitrogen functional groups attached to an aromatic ring is 1. The first kappa shape index (κ1) is 9.38. The molecule has 0 unspecified atom stereocenters. The van der Waals surface area contributed by atoms with Gasteiger partial charge in [-0.1, -0.05) is 0 Å². The highest BCUT2D eigenvalue weighted by Gasteiger charge is 2.34. The van der Waals surface area contributed by atoms with Gasteiger partial charge in [-0.25, -0.2) is 9.67 Å². The lowest BCUT2D eigenvalue weighted by Gasteiger charge is -2.11. The molecular formula is C7H12N4O3. The summed E-state index contributed by atoms with van der Waals surface area (Å²) in [6, 6.07) is 0. The summed E-state index contributed by atoms with van der Waals surface area (Å²) in [6.07, 6.45) is 0.202. The molecule has 0 spiro atoms. The molecule has 0 amide bonds. The van der Waals surface area contributed by atoms with Gasteiger partial charge in [0.25, 0.3) is 0 Å². The summed E-state index contributed by atoms with van der Waals surface area (Å²) in [4.78, 5) is 3.74. The fourth-order valence-corrected chi connectivity index (χ4v) is 1.47. The summed E-state index contributed by atoms with van der Waals surface area (Å²) in [6.45, 7) is -0.207. The maximum Gasteiger partial charge on any atom is 0.239 e. The second-order valence-corrected chi connectivity index (χ2v) is 3.20. The number of aliphatic hydroxyl groups excluding tert-OH is 2. The van der Waals surface area contributed by atoms with Crippen LogP contribution in [0.15, 0.2) is 6.33 Å². The molecule has 1 aliphatic heterocycles. The van der Waals surface area contributed by atoms with E-state index in [0.29, 0.717) is 6.42 Å². The molecule has 0 saturated carbocycles. The third kappa shape index (κ3) is 1.57. The molecule has 14 heavy (non-hydrogen) atoms. The third-order valence-corrected chi connectivity index (χ3v) is 2.21. The number of ether oxygens (including phenoxy) is 1. The van der Waals surface area contributed by atoms with Crippen LogP contribution < -0.4 is 5.73 Å². The lowest BCUT2D eigenvalue weighted by atomic mass is 10.2. The number of hydrogen-bond donors (Lipinski definition) is 3. The van der Waals surface area contributed by atoms with Gasteiger partial charge < -0.3 is 20.7 Å². The Hall–Kier alpha value is -1.18. The van der Waals surface area contributed by atoms with Crippen LogP contribution in [0.1, 0.15) is 12.6 Å². The summed E-state index contributed by atoms with van der Waals surface area (Å²) < 4.78 is 6.77. The predicted octanol–water partition coefficient (Wildman–Crippen LogP) is -1.50. The highest BCUT2D eigenvalue weighted by atomic mass is 16.5. The van der Waals surface area contributed by atoms with Crippen molar-refractivity contribution in [3.63, 3.8) is 0 Å². The van der Waals surface area contributed by atoms with E-state index in [4.69, 9.17) is 15.6 Å². The molecule has 78 valence electrons. The van der Waals surface area contributed by atoms with Gasteiger partial charge in [-0.3, -0.25) is 0 Å². The van der Waals surface area contributed by atoms with E-state index in [-0.39, 0.29) is 12.6 Å². The molecule has 2 heterocycles. The van der Waals surface area contributed by atoms with Gasteiger partial charge in [0.05, 0.1) is 12.7 Å². The Kier molecular flexibility index (Phi) is 2.36. The highest BCUT2D eigenvalue weighted by Crippen LogP contribution is 2.27. The summed E-state index contributed by atoms with van der Waals surface area (Å²) in [5.74, 6) is 0.163. The molecule has 7 heteroatoms. The van der Waals surface area contributed by atoms with Crippen LogP contribution in [0.4, 0.5) is 5.95 Å². The quantitative estimate of drug-likeness (QED) is 0.536. The smallest absolute Gasteiger partial charge is 0.239 e. The standard InChI is InChI=1S/C7H12N4O3/c8-7-9-3-11(10-7)6-1-4(13)5(2-12)14-6/h3-6,12-13H,1-2H2,(H2,8,10)/t4-,5+,6+/m0/s1. The summed E-state index contributed by atoms with van der Waals surface area (Å²) in [5.41, 5.74) is 5.34. The van der Waals surface area contributed by atoms with Gasteiger partial charge in [0, 0.05) is 6.42 Å². The van der Waals surface area contributed by atoms with Gasteiger partial charge in [-0.2, -0.15) is 0 Å². The largest absolute Gasteiger partial charge is 0.394 e. The Morgan fingerprint density at radius 2 is 2.50 bits per heavy atom. The molecule has 7 nitrogen and oxygen atoms in total. The minimum atomic E-state index is -0.671. The van der Waals surface area contributed by atoms with Crippen LogP contribution in [-0.4, -0.2) is 43.8 Å². The lowest BCUT2D eigenvalue weighted by molar-refractivity contribution is -0.0484. The van der Waals surface area contributed by atoms with Crippen LogP contribution in [0, 0.1) is 0 Å². The van der Waals surface area contributed by atoms with E-state index < -0.39 is 18.4 Å². The Morgan fingerprint density at radius 3 is 3.00 bits per heavy atom. The number of aliphatic hydroxyl groups is 2. The molecule has 0 radical (unpaired) electrons. The summed E-state index contributed by atoms with van der Waals surface area (Å²) >= 11 is 0. The van der Waals surface area contributed by atoms with Crippen molar-refractivity contribution in [3.8, 4) is 0 Å². The second kappa shape index (κ2) is 3.52. The van der Waals surface area contributed by atoms with E-state index in [0.717, 1.165) is 0 Å². The lowest BCUT2D eigenvalue weighted by Crippen LogP contribution is -2.24. The van der Waals surface area contributed by atoms with Gasteiger partial charge in [-0.05, 0) is 0 Å². The maximum absolute atomic E-state index is 9.45. The van der Waals surface area contributed by atoms with Crippen LogP contribution in [0.2, 0.25) is 0 Å². The topological polar surface area (TPSA) is 106 Å². The van der Waals surface area contributed by atoms with Crippen molar-refractivity contribution >= 4 is 5.95 Å². The SMILES string of the molecule is Nc1ncn([C@H]2C[C@H](O)[C@@H](CO)O2)n1. The Labute approximate surface area is 80.1 Å². The van der Waals surface area contributed by atoms with Crippen molar-refractivity contribution in [3.05, 3.63) is 6.33 Å². The van der Waals surface area contributed by atoms with E-state index in [2.05, 4.69) is 10.1 Å². The molecule has 1 aromatic heterocycles. The van der Waals surface area contributed by atoms with Gasteiger partial charge in [-0.15, -0.1) is 5.10 Å². The fraction of sp³-hybridized carbons (Fsp3) is 0.714. The van der Waals surface area contributed by atoms with Gasteiger partial charge in [0.2, 0.25) is 5.95 Å². The first-order chi connectivity index (χ1) is 6.70. The average Bonchev–Trinajstić information content (AvgIpc) is 2.71. The fourth-order valence-electron chi connectivity index (χ4n) is 1.47. The molecule has 1 aromatic rings. The maximum atomic E-state index is 9.45. The zero-order chi connectivity index (χ0) is 10.1. The first-order valence-corrected chi connectivity index (χ1v) is 4.31. The third-order valence-electron chi connectivity index (χ3n) is 2.21. The molecule has 1 saturated heterocycles. The van der Waals surface area contributed by atoms with Crippen molar-refractivity contribution in [1.29, 1.82) is 0 Å². The van der Waals surface area contributed by atoms with Crippen molar-refractivity contribution < 1.29 is 14.9 Å². The number of anilines is 1. The minimum absolute atomic E-state index is 0.163. The van der Waals surface area contributed by atoms with Crippen LogP contribution >= 0.6 is 0 Å². The predicted molar refractivity (Wildman–Crippen MR) is 46.1 cm³/mol. The highest BCUT2D eigenvalue weighted by molar-refractivity contribution is 5.09. The molecule has 0 bridgehead atoms. The van der Waals surface area contributed by atoms with E-state index in [9.17, 15) is 5.11 Å². The molecule has 3 atom stereocenters. The average molecular weight is 200 g/mol. The monoisotopic (exact) mass is 200 g/mol. The molecule has 1 aliphatic rings. The normalized spacial score (nSPS) is 32.3. The van der Waals surface area contributed by atoms with Crippen molar-refractivity contribution in [2.24, 2.45) is 0 Å². The van der Waals surface area contributed by atoms with Crippen LogP contribution in [0.25, 0.3) is 0 Å². The molecule has 0 aliphatic carbocycles. The second-order valence-electron chi connectivity index (χ2n) is 3.20. The Bertz CT molecular complexity index is 316. The number of nitrogens with zero attached hydrogens (tertiary/aromatic N) is 3. The van der Waals surface area contributed by atoms with Crippen LogP contribution in [0.5, 0.6) is 0 Å². The number of rotatable bonds is 2. The van der Waals surface area contributed by atoms with Crippen molar-refractivity contribution in [1.82, 2.24) is 14.8 Å². The first-order valence-electron chi connectivity index (χ1n) is 4.31. The van der Waals surface area contributed by atoms with Crippen molar-refractivity contribution in [2.45, 2.75) is 24.9 Å². The molecule has 1 fully saturated rings. The van der Waals surface area contributed by atoms with Crippen molar-refractivity contribution in [2.75, 3.05) is 12.3 Å². The number of nitrogens with two attached hydrogens (primary N) is 1. The molecule has 0 aromatic carbocycles. The summed E-state index contributed by atoms with van der Waals surface area (Å²) in [7, 11) is 0. The molecule has 2 rings (SSSR count). The van der Waals surface area contributed by atoms with Crippen LogP contribution in [0.3, 0.4) is 0 Å². The zero-order valence-corrected chi connectivity index (χ0v) is 7.45. The minimum Gasteiger partial charge on any atom is -0.394 e. The number of hydrogen-bond acceptors (Lipinski definition) is 6. The van der Waals surface area contributed by atoms with Gasteiger partial charge in [0.15, 0.2) is 6.23 Å². The molecule has 4 N–H and O–H groups in total. The molecular weight excluding hydrogens is 188 g/mol.